The van der Waals surface area contributed by atoms with Crippen molar-refractivity contribution < 1.29 is 13.7 Å². The van der Waals surface area contributed by atoms with Crippen LogP contribution in [0.15, 0.2) is 28.8 Å². The van der Waals surface area contributed by atoms with Gasteiger partial charge in [-0.25, -0.2) is 4.39 Å². The topological polar surface area (TPSA) is 55.1 Å². The highest BCUT2D eigenvalue weighted by Gasteiger charge is 2.23. The summed E-state index contributed by atoms with van der Waals surface area (Å²) in [7, 11) is 0. The van der Waals surface area contributed by atoms with Gasteiger partial charge in [-0.15, -0.1) is 11.3 Å². The van der Waals surface area contributed by atoms with Gasteiger partial charge in [0, 0.05) is 21.6 Å². The molecule has 4 nitrogen and oxygen atoms in total. The minimum absolute atomic E-state index is 0.111. The molecule has 0 aliphatic carbocycles. The van der Waals surface area contributed by atoms with Crippen LogP contribution in [-0.2, 0) is 5.41 Å². The zero-order chi connectivity index (χ0) is 16.8. The van der Waals surface area contributed by atoms with Gasteiger partial charge in [0.25, 0.3) is 5.91 Å². The minimum Gasteiger partial charge on any atom is -0.359 e. The molecule has 3 aromatic rings. The van der Waals surface area contributed by atoms with Crippen molar-refractivity contribution >= 4 is 44.7 Å². The van der Waals surface area contributed by atoms with E-state index in [1.54, 1.807) is 18.2 Å². The number of amides is 1. The number of nitrogens with zero attached hydrogens (tertiary/aromatic N) is 1. The molecule has 1 aromatic carbocycles. The predicted octanol–water partition coefficient (Wildman–Crippen LogP) is 5.23. The van der Waals surface area contributed by atoms with E-state index in [4.69, 9.17) is 16.1 Å². The van der Waals surface area contributed by atoms with Crippen molar-refractivity contribution in [3.8, 4) is 0 Å². The highest BCUT2D eigenvalue weighted by Crippen LogP contribution is 2.37. The number of carbonyl (C=O) groups is 1. The Morgan fingerprint density at radius 2 is 2.13 bits per heavy atom. The summed E-state index contributed by atoms with van der Waals surface area (Å²) >= 11 is 7.30. The second-order valence-electron chi connectivity index (χ2n) is 6.14. The normalized spacial score (nSPS) is 11.9. The number of aromatic nitrogens is 1. The molecule has 0 aliphatic rings. The van der Waals surface area contributed by atoms with Crippen LogP contribution in [0.25, 0.3) is 10.1 Å². The van der Waals surface area contributed by atoms with Gasteiger partial charge in [0.2, 0.25) is 0 Å². The van der Waals surface area contributed by atoms with Crippen LogP contribution < -0.4 is 5.32 Å². The molecule has 0 saturated carbocycles. The van der Waals surface area contributed by atoms with Crippen LogP contribution in [0.1, 0.15) is 36.2 Å². The van der Waals surface area contributed by atoms with Gasteiger partial charge >= 0.3 is 0 Å². The van der Waals surface area contributed by atoms with Crippen LogP contribution in [0.2, 0.25) is 5.02 Å². The first kappa shape index (κ1) is 16.0. The third-order valence-electron chi connectivity index (χ3n) is 3.30. The highest BCUT2D eigenvalue weighted by atomic mass is 35.5. The van der Waals surface area contributed by atoms with Crippen molar-refractivity contribution in [2.24, 2.45) is 0 Å². The SMILES string of the molecule is CC(C)(C)c1cc(NC(=O)c2sc3cccc(F)c3c2Cl)no1. The molecule has 120 valence electrons. The standard InChI is InChI=1S/C16H14ClFN2O2S/c1-16(2,3)10-7-11(20-22-10)19-15(21)14-13(17)12-8(18)5-4-6-9(12)23-14/h4-7H,1-3H3,(H,19,20,21). The molecule has 0 unspecified atom stereocenters. The first-order chi connectivity index (χ1) is 10.8. The molecule has 1 N–H and O–H groups in total. The highest BCUT2D eigenvalue weighted by molar-refractivity contribution is 7.21. The van der Waals surface area contributed by atoms with Crippen molar-refractivity contribution in [1.29, 1.82) is 0 Å². The van der Waals surface area contributed by atoms with Crippen LogP contribution in [0, 0.1) is 5.82 Å². The molecule has 7 heteroatoms. The molecule has 23 heavy (non-hydrogen) atoms. The Kier molecular flexibility index (Phi) is 3.90. The van der Waals surface area contributed by atoms with E-state index in [0.717, 1.165) is 11.3 Å². The zero-order valence-electron chi connectivity index (χ0n) is 12.7. The number of thiophene rings is 1. The van der Waals surface area contributed by atoms with Gasteiger partial charge in [-0.2, -0.15) is 0 Å². The fraction of sp³-hybridized carbons (Fsp3) is 0.250. The van der Waals surface area contributed by atoms with Gasteiger partial charge in [0.05, 0.1) is 5.02 Å². The van der Waals surface area contributed by atoms with E-state index in [1.807, 2.05) is 20.8 Å². The number of halogens is 2. The fourth-order valence-corrected chi connectivity index (χ4v) is 3.53. The molecule has 0 saturated heterocycles. The smallest absolute Gasteiger partial charge is 0.268 e. The second kappa shape index (κ2) is 5.62. The number of anilines is 1. The second-order valence-corrected chi connectivity index (χ2v) is 7.57. The first-order valence-electron chi connectivity index (χ1n) is 6.92. The largest absolute Gasteiger partial charge is 0.359 e. The van der Waals surface area contributed by atoms with Crippen LogP contribution in [0.3, 0.4) is 0 Å². The van der Waals surface area contributed by atoms with Crippen molar-refractivity contribution in [3.63, 3.8) is 0 Å². The average Bonchev–Trinajstić information content (AvgIpc) is 3.04. The van der Waals surface area contributed by atoms with E-state index >= 15 is 0 Å². The van der Waals surface area contributed by atoms with E-state index in [2.05, 4.69) is 10.5 Å². The Labute approximate surface area is 141 Å². The van der Waals surface area contributed by atoms with Crippen molar-refractivity contribution in [1.82, 2.24) is 5.16 Å². The monoisotopic (exact) mass is 352 g/mol. The molecule has 0 bridgehead atoms. The molecule has 3 rings (SSSR count). The molecule has 0 radical (unpaired) electrons. The third kappa shape index (κ3) is 2.96. The maximum atomic E-state index is 13.8. The lowest BCUT2D eigenvalue weighted by molar-refractivity contribution is 0.103. The average molecular weight is 353 g/mol. The summed E-state index contributed by atoms with van der Waals surface area (Å²) in [6, 6.07) is 6.29. The predicted molar refractivity (Wildman–Crippen MR) is 89.9 cm³/mol. The Hall–Kier alpha value is -1.92. The fourth-order valence-electron chi connectivity index (χ4n) is 2.08. The van der Waals surface area contributed by atoms with Crippen LogP contribution in [0.5, 0.6) is 0 Å². The summed E-state index contributed by atoms with van der Waals surface area (Å²) < 4.78 is 19.7. The van der Waals surface area contributed by atoms with Gasteiger partial charge in [0.15, 0.2) is 5.82 Å². The van der Waals surface area contributed by atoms with Gasteiger partial charge in [-0.1, -0.05) is 43.6 Å². The van der Waals surface area contributed by atoms with Gasteiger partial charge < -0.3 is 9.84 Å². The molecular formula is C16H14ClFN2O2S. The number of hydrogen-bond donors (Lipinski definition) is 1. The van der Waals surface area contributed by atoms with E-state index in [0.29, 0.717) is 16.3 Å². The number of nitrogens with one attached hydrogen (secondary N) is 1. The Bertz CT molecular complexity index is 895. The number of rotatable bonds is 2. The third-order valence-corrected chi connectivity index (χ3v) is 4.95. The van der Waals surface area contributed by atoms with E-state index in [-0.39, 0.29) is 20.7 Å². The summed E-state index contributed by atoms with van der Waals surface area (Å²) in [6.07, 6.45) is 0. The lowest BCUT2D eigenvalue weighted by atomic mass is 9.93. The molecule has 0 fully saturated rings. The maximum Gasteiger partial charge on any atom is 0.268 e. The summed E-state index contributed by atoms with van der Waals surface area (Å²) in [5.74, 6) is 0.0683. The number of hydrogen-bond acceptors (Lipinski definition) is 4. The van der Waals surface area contributed by atoms with Gasteiger partial charge in [0.1, 0.15) is 16.5 Å². The minimum atomic E-state index is -0.445. The van der Waals surface area contributed by atoms with Crippen molar-refractivity contribution in [2.75, 3.05) is 5.32 Å². The Morgan fingerprint density at radius 3 is 2.74 bits per heavy atom. The molecular weight excluding hydrogens is 339 g/mol. The van der Waals surface area contributed by atoms with E-state index < -0.39 is 11.7 Å². The maximum absolute atomic E-state index is 13.8. The number of carbonyl (C=O) groups excluding carboxylic acids is 1. The summed E-state index contributed by atoms with van der Waals surface area (Å²) in [5, 5.41) is 6.84. The molecule has 0 atom stereocenters. The number of fused-ring (bicyclic) bond motifs is 1. The van der Waals surface area contributed by atoms with Crippen LogP contribution in [0.4, 0.5) is 10.2 Å². The lowest BCUT2D eigenvalue weighted by Crippen LogP contribution is -2.11. The lowest BCUT2D eigenvalue weighted by Gasteiger charge is -2.11. The van der Waals surface area contributed by atoms with Crippen LogP contribution >= 0.6 is 22.9 Å². The van der Waals surface area contributed by atoms with Crippen molar-refractivity contribution in [2.45, 2.75) is 26.2 Å². The summed E-state index contributed by atoms with van der Waals surface area (Å²) in [6.45, 7) is 5.93. The van der Waals surface area contributed by atoms with E-state index in [9.17, 15) is 9.18 Å². The van der Waals surface area contributed by atoms with Gasteiger partial charge in [-0.3, -0.25) is 4.79 Å². The molecule has 2 heterocycles. The zero-order valence-corrected chi connectivity index (χ0v) is 14.3. The molecule has 2 aromatic heterocycles. The Morgan fingerprint density at radius 1 is 1.39 bits per heavy atom. The quantitative estimate of drug-likeness (QED) is 0.686. The molecule has 0 aliphatic heterocycles. The van der Waals surface area contributed by atoms with Crippen LogP contribution in [-0.4, -0.2) is 11.1 Å². The Balaban J connectivity index is 1.91. The summed E-state index contributed by atoms with van der Waals surface area (Å²) in [4.78, 5) is 12.6. The van der Waals surface area contributed by atoms with E-state index in [1.165, 1.54) is 6.07 Å². The first-order valence-corrected chi connectivity index (χ1v) is 8.12. The summed E-state index contributed by atoms with van der Waals surface area (Å²) in [5.41, 5.74) is -0.214. The molecule has 0 spiro atoms. The van der Waals surface area contributed by atoms with Crippen molar-refractivity contribution in [3.05, 3.63) is 45.7 Å². The van der Waals surface area contributed by atoms with Gasteiger partial charge in [-0.05, 0) is 12.1 Å². The number of benzene rings is 1. The molecule has 1 amide bonds.